The summed E-state index contributed by atoms with van der Waals surface area (Å²) in [5.74, 6) is 1.87. The number of furan rings is 1. The number of aryl methyl sites for hydroxylation is 1. The number of nitrogens with two attached hydrogens (primary N) is 1. The van der Waals surface area contributed by atoms with Crippen molar-refractivity contribution in [2.75, 3.05) is 6.54 Å². The first-order chi connectivity index (χ1) is 7.29. The van der Waals surface area contributed by atoms with Gasteiger partial charge in [-0.05, 0) is 25.6 Å². The van der Waals surface area contributed by atoms with Crippen molar-refractivity contribution >= 4 is 0 Å². The Bertz CT molecular complexity index is 428. The normalized spacial score (nSPS) is 10.5. The molecule has 2 rings (SSSR count). The van der Waals surface area contributed by atoms with E-state index < -0.39 is 0 Å². The van der Waals surface area contributed by atoms with Crippen LogP contribution in [-0.4, -0.2) is 6.54 Å². The molecule has 0 bridgehead atoms. The zero-order valence-electron chi connectivity index (χ0n) is 8.86. The van der Waals surface area contributed by atoms with E-state index in [-0.39, 0.29) is 0 Å². The molecule has 0 aliphatic carbocycles. The van der Waals surface area contributed by atoms with Gasteiger partial charge in [-0.25, -0.2) is 0 Å². The van der Waals surface area contributed by atoms with Crippen LogP contribution in [-0.2, 0) is 6.42 Å². The van der Waals surface area contributed by atoms with Gasteiger partial charge in [0.05, 0.1) is 0 Å². The summed E-state index contributed by atoms with van der Waals surface area (Å²) < 4.78 is 5.67. The van der Waals surface area contributed by atoms with Crippen molar-refractivity contribution in [3.63, 3.8) is 0 Å². The summed E-state index contributed by atoms with van der Waals surface area (Å²) in [7, 11) is 0. The fourth-order valence-electron chi connectivity index (χ4n) is 1.53. The predicted octanol–water partition coefficient (Wildman–Crippen LogP) is 2.76. The summed E-state index contributed by atoms with van der Waals surface area (Å²) in [5, 5.41) is 0. The van der Waals surface area contributed by atoms with E-state index >= 15 is 0 Å². The molecule has 0 atom stereocenters. The average Bonchev–Trinajstić information content (AvgIpc) is 2.68. The van der Waals surface area contributed by atoms with Gasteiger partial charge < -0.3 is 10.2 Å². The van der Waals surface area contributed by atoms with Crippen molar-refractivity contribution in [2.45, 2.75) is 13.3 Å². The first-order valence-electron chi connectivity index (χ1n) is 5.15. The molecule has 78 valence electrons. The van der Waals surface area contributed by atoms with E-state index in [9.17, 15) is 0 Å². The molecular weight excluding hydrogens is 186 g/mol. The van der Waals surface area contributed by atoms with Crippen molar-refractivity contribution in [2.24, 2.45) is 5.73 Å². The SMILES string of the molecule is Cc1ccc(-c2ccc(CCN)o2)cc1. The van der Waals surface area contributed by atoms with E-state index in [1.54, 1.807) is 0 Å². The van der Waals surface area contributed by atoms with E-state index in [0.29, 0.717) is 6.54 Å². The molecule has 0 aliphatic rings. The molecule has 0 fully saturated rings. The molecule has 1 aromatic heterocycles. The molecule has 2 aromatic rings. The average molecular weight is 201 g/mol. The van der Waals surface area contributed by atoms with Gasteiger partial charge in [0.2, 0.25) is 0 Å². The molecular formula is C13H15NO. The summed E-state index contributed by atoms with van der Waals surface area (Å²) in [4.78, 5) is 0. The molecule has 1 heterocycles. The molecule has 2 N–H and O–H groups in total. The van der Waals surface area contributed by atoms with Gasteiger partial charge >= 0.3 is 0 Å². The molecule has 2 nitrogen and oxygen atoms in total. The molecule has 1 aromatic carbocycles. The second-order valence-corrected chi connectivity index (χ2v) is 3.67. The van der Waals surface area contributed by atoms with Crippen molar-refractivity contribution in [3.8, 4) is 11.3 Å². The third kappa shape index (κ3) is 2.28. The lowest BCUT2D eigenvalue weighted by Gasteiger charge is -1.97. The van der Waals surface area contributed by atoms with Crippen molar-refractivity contribution in [1.29, 1.82) is 0 Å². The highest BCUT2D eigenvalue weighted by molar-refractivity contribution is 5.57. The van der Waals surface area contributed by atoms with E-state index in [4.69, 9.17) is 10.2 Å². The molecule has 2 heteroatoms. The van der Waals surface area contributed by atoms with Crippen LogP contribution in [0.1, 0.15) is 11.3 Å². The molecule has 15 heavy (non-hydrogen) atoms. The van der Waals surface area contributed by atoms with Gasteiger partial charge in [-0.3, -0.25) is 0 Å². The second kappa shape index (κ2) is 4.32. The first kappa shape index (κ1) is 9.99. The van der Waals surface area contributed by atoms with Crippen LogP contribution in [0.4, 0.5) is 0 Å². The molecule has 0 unspecified atom stereocenters. The Hall–Kier alpha value is -1.54. The summed E-state index contributed by atoms with van der Waals surface area (Å²) >= 11 is 0. The Morgan fingerprint density at radius 1 is 1.07 bits per heavy atom. The smallest absolute Gasteiger partial charge is 0.134 e. The summed E-state index contributed by atoms with van der Waals surface area (Å²) in [6, 6.07) is 12.3. The van der Waals surface area contributed by atoms with Crippen LogP contribution < -0.4 is 5.73 Å². The van der Waals surface area contributed by atoms with E-state index in [0.717, 1.165) is 23.5 Å². The lowest BCUT2D eigenvalue weighted by atomic mass is 10.1. The maximum Gasteiger partial charge on any atom is 0.134 e. The Balaban J connectivity index is 2.25. The molecule has 0 aliphatic heterocycles. The van der Waals surface area contributed by atoms with E-state index in [1.807, 2.05) is 12.1 Å². The fraction of sp³-hybridized carbons (Fsp3) is 0.231. The van der Waals surface area contributed by atoms with Crippen LogP contribution in [0.5, 0.6) is 0 Å². The zero-order chi connectivity index (χ0) is 10.7. The standard InChI is InChI=1S/C13H15NO/c1-10-2-4-11(5-3-10)13-7-6-12(15-13)8-9-14/h2-7H,8-9,14H2,1H3. The summed E-state index contributed by atoms with van der Waals surface area (Å²) in [6.45, 7) is 2.70. The fourth-order valence-corrected chi connectivity index (χ4v) is 1.53. The van der Waals surface area contributed by atoms with Gasteiger partial charge in [-0.1, -0.05) is 29.8 Å². The van der Waals surface area contributed by atoms with E-state index in [2.05, 4.69) is 31.2 Å². The Kier molecular flexibility index (Phi) is 2.88. The van der Waals surface area contributed by atoms with Crippen LogP contribution in [0.15, 0.2) is 40.8 Å². The van der Waals surface area contributed by atoms with Crippen molar-refractivity contribution < 1.29 is 4.42 Å². The lowest BCUT2D eigenvalue weighted by molar-refractivity contribution is 0.523. The van der Waals surface area contributed by atoms with Crippen molar-refractivity contribution in [1.82, 2.24) is 0 Å². The predicted molar refractivity (Wildman–Crippen MR) is 61.6 cm³/mol. The quantitative estimate of drug-likeness (QED) is 0.829. The third-order valence-corrected chi connectivity index (χ3v) is 2.39. The van der Waals surface area contributed by atoms with Gasteiger partial charge in [-0.2, -0.15) is 0 Å². The van der Waals surface area contributed by atoms with Crippen LogP contribution in [0, 0.1) is 6.92 Å². The molecule has 0 spiro atoms. The van der Waals surface area contributed by atoms with Gasteiger partial charge in [0.25, 0.3) is 0 Å². The molecule has 0 saturated heterocycles. The summed E-state index contributed by atoms with van der Waals surface area (Å²) in [6.07, 6.45) is 0.797. The lowest BCUT2D eigenvalue weighted by Crippen LogP contribution is -2.01. The second-order valence-electron chi connectivity index (χ2n) is 3.67. The highest BCUT2D eigenvalue weighted by Gasteiger charge is 2.03. The third-order valence-electron chi connectivity index (χ3n) is 2.39. The van der Waals surface area contributed by atoms with Gasteiger partial charge in [0, 0.05) is 12.0 Å². The van der Waals surface area contributed by atoms with Gasteiger partial charge in [-0.15, -0.1) is 0 Å². The highest BCUT2D eigenvalue weighted by Crippen LogP contribution is 2.22. The first-order valence-corrected chi connectivity index (χ1v) is 5.15. The maximum atomic E-state index is 5.67. The monoisotopic (exact) mass is 201 g/mol. The minimum Gasteiger partial charge on any atom is -0.461 e. The van der Waals surface area contributed by atoms with Crippen LogP contribution >= 0.6 is 0 Å². The zero-order valence-corrected chi connectivity index (χ0v) is 8.86. The van der Waals surface area contributed by atoms with Crippen molar-refractivity contribution in [3.05, 3.63) is 47.7 Å². The minimum absolute atomic E-state index is 0.626. The molecule has 0 saturated carbocycles. The summed E-state index contributed by atoms with van der Waals surface area (Å²) in [5.41, 5.74) is 7.84. The van der Waals surface area contributed by atoms with Crippen LogP contribution in [0.25, 0.3) is 11.3 Å². The number of hydrogen-bond acceptors (Lipinski definition) is 2. The number of benzene rings is 1. The van der Waals surface area contributed by atoms with Gasteiger partial charge in [0.15, 0.2) is 0 Å². The molecule has 0 radical (unpaired) electrons. The Labute approximate surface area is 89.7 Å². The topological polar surface area (TPSA) is 39.2 Å². The number of rotatable bonds is 3. The van der Waals surface area contributed by atoms with Crippen LogP contribution in [0.3, 0.4) is 0 Å². The molecule has 0 amide bonds. The Morgan fingerprint density at radius 2 is 1.80 bits per heavy atom. The van der Waals surface area contributed by atoms with Crippen LogP contribution in [0.2, 0.25) is 0 Å². The minimum atomic E-state index is 0.626. The maximum absolute atomic E-state index is 5.67. The highest BCUT2D eigenvalue weighted by atomic mass is 16.3. The largest absolute Gasteiger partial charge is 0.461 e. The van der Waals surface area contributed by atoms with Gasteiger partial charge in [0.1, 0.15) is 11.5 Å². The van der Waals surface area contributed by atoms with E-state index in [1.165, 1.54) is 5.56 Å². The number of hydrogen-bond donors (Lipinski definition) is 1. The Morgan fingerprint density at radius 3 is 2.47 bits per heavy atom.